The number of hydrogen-bond donors (Lipinski definition) is 1. The quantitative estimate of drug-likeness (QED) is 0.625. The number of imidazole rings is 1. The molecule has 1 heterocycles. The molecular weight excluding hydrogens is 284 g/mol. The Morgan fingerprint density at radius 1 is 1.31 bits per heavy atom. The Labute approximate surface area is 111 Å². The number of para-hydroxylation sites is 2. The number of aromatic nitrogens is 2. The number of fused-ring (bicyclic) bond motifs is 1. The van der Waals surface area contributed by atoms with Crippen LogP contribution >= 0.6 is 11.9 Å². The van der Waals surface area contributed by atoms with Crippen LogP contribution in [-0.4, -0.2) is 10.7 Å². The van der Waals surface area contributed by atoms with Crippen molar-refractivity contribution in [1.82, 2.24) is 4.98 Å². The number of unbranched alkanes of at least 4 members (excludes halogenated alkanes) is 1. The van der Waals surface area contributed by atoms with Crippen molar-refractivity contribution in [3.8, 4) is 0 Å². The van der Waals surface area contributed by atoms with Gasteiger partial charge in [-0.25, -0.2) is 4.98 Å². The number of hydrogen-bond acceptors (Lipinski definition) is 1. The van der Waals surface area contributed by atoms with Crippen LogP contribution in [0, 0.1) is 6.92 Å². The van der Waals surface area contributed by atoms with E-state index < -0.39 is 0 Å². The summed E-state index contributed by atoms with van der Waals surface area (Å²) in [4.78, 5) is 3.40. The minimum absolute atomic E-state index is 0. The van der Waals surface area contributed by atoms with E-state index in [9.17, 15) is 0 Å². The van der Waals surface area contributed by atoms with Crippen LogP contribution in [0.3, 0.4) is 0 Å². The molecule has 0 aliphatic rings. The molecule has 1 aromatic heterocycles. The monoisotopic (exact) mass is 300 g/mol. The van der Waals surface area contributed by atoms with E-state index in [2.05, 4.69) is 47.1 Å². The number of aromatic amines is 1. The Morgan fingerprint density at radius 3 is 2.81 bits per heavy atom. The van der Waals surface area contributed by atoms with E-state index >= 15 is 0 Å². The van der Waals surface area contributed by atoms with Crippen molar-refractivity contribution in [1.29, 1.82) is 0 Å². The van der Waals surface area contributed by atoms with Gasteiger partial charge in [0.2, 0.25) is 0 Å². The second-order valence-corrected chi connectivity index (χ2v) is 4.74. The van der Waals surface area contributed by atoms with Crippen LogP contribution in [0.15, 0.2) is 24.3 Å². The fourth-order valence-corrected chi connectivity index (χ4v) is 2.79. The third-order valence-electron chi connectivity index (χ3n) is 2.46. The van der Waals surface area contributed by atoms with Crippen LogP contribution in [-0.2, 0) is 0 Å². The number of H-pyrrole nitrogens is 1. The molecule has 2 nitrogen and oxygen atoms in total. The van der Waals surface area contributed by atoms with Gasteiger partial charge in [0, 0.05) is 12.7 Å². The summed E-state index contributed by atoms with van der Waals surface area (Å²) in [6.45, 7) is 4.35. The van der Waals surface area contributed by atoms with E-state index in [-0.39, 0.29) is 17.0 Å². The minimum atomic E-state index is 0. The van der Waals surface area contributed by atoms with Gasteiger partial charge in [0.15, 0.2) is 11.0 Å². The zero-order chi connectivity index (χ0) is 10.7. The lowest BCUT2D eigenvalue weighted by Crippen LogP contribution is -3.00. The third kappa shape index (κ3) is 2.80. The number of halogens is 1. The molecule has 1 N–H and O–H groups in total. The van der Waals surface area contributed by atoms with Gasteiger partial charge < -0.3 is 17.0 Å². The van der Waals surface area contributed by atoms with E-state index in [4.69, 9.17) is 0 Å². The number of rotatable bonds is 4. The molecule has 0 atom stereocenters. The van der Waals surface area contributed by atoms with Gasteiger partial charge in [-0.1, -0.05) is 25.5 Å². The van der Waals surface area contributed by atoms with Crippen molar-refractivity contribution < 1.29 is 21.0 Å². The summed E-state index contributed by atoms with van der Waals surface area (Å²) in [6.07, 6.45) is 2.53. The molecule has 4 heteroatoms. The number of benzene rings is 1. The average molecular weight is 301 g/mol. The summed E-state index contributed by atoms with van der Waals surface area (Å²) in [7, 11) is 0. The van der Waals surface area contributed by atoms with Gasteiger partial charge in [0.25, 0.3) is 5.82 Å². The maximum atomic E-state index is 3.40. The highest BCUT2D eigenvalue weighted by Gasteiger charge is 2.14. The van der Waals surface area contributed by atoms with E-state index in [1.54, 1.807) is 0 Å². The first-order valence-electron chi connectivity index (χ1n) is 5.45. The van der Waals surface area contributed by atoms with Crippen LogP contribution in [0.2, 0.25) is 0 Å². The standard InChI is InChI=1S/C12H16N2S.BrH/c1-3-4-9-15-14-10(2)13-11-7-5-6-8-12(11)14;/h5-8H,3-4,9H2,1-2H3;1H. The predicted molar refractivity (Wildman–Crippen MR) is 66.0 cm³/mol. The van der Waals surface area contributed by atoms with Gasteiger partial charge in [-0.15, -0.1) is 0 Å². The molecule has 0 spiro atoms. The van der Waals surface area contributed by atoms with Gasteiger partial charge in [0.1, 0.15) is 0 Å². The molecule has 88 valence electrons. The van der Waals surface area contributed by atoms with Crippen LogP contribution in [0.5, 0.6) is 0 Å². The van der Waals surface area contributed by atoms with Crippen LogP contribution in [0.1, 0.15) is 25.6 Å². The molecule has 2 rings (SSSR count). The van der Waals surface area contributed by atoms with Crippen molar-refractivity contribution >= 4 is 23.0 Å². The molecule has 0 saturated heterocycles. The summed E-state index contributed by atoms with van der Waals surface area (Å²) < 4.78 is 2.30. The van der Waals surface area contributed by atoms with E-state index in [0.717, 1.165) is 0 Å². The number of aryl methyl sites for hydroxylation is 1. The Bertz CT molecular complexity index is 453. The van der Waals surface area contributed by atoms with Crippen LogP contribution in [0.25, 0.3) is 11.0 Å². The molecule has 0 bridgehead atoms. The van der Waals surface area contributed by atoms with E-state index in [1.165, 1.54) is 35.5 Å². The molecule has 16 heavy (non-hydrogen) atoms. The van der Waals surface area contributed by atoms with Crippen molar-refractivity contribution in [2.24, 2.45) is 0 Å². The van der Waals surface area contributed by atoms with Gasteiger partial charge in [-0.2, -0.15) is 3.97 Å². The largest absolute Gasteiger partial charge is 1.00 e. The Balaban J connectivity index is 0.00000128. The first-order chi connectivity index (χ1) is 7.33. The zero-order valence-corrected chi connectivity index (χ0v) is 12.1. The molecule has 0 aliphatic heterocycles. The summed E-state index contributed by atoms with van der Waals surface area (Å²) in [5.74, 6) is 2.40. The SMILES string of the molecule is CCCCS[n+]1c(C)[nH]c2ccccc21.[Br-]. The van der Waals surface area contributed by atoms with Crippen molar-refractivity contribution in [2.75, 3.05) is 5.75 Å². The average Bonchev–Trinajstić information content (AvgIpc) is 2.56. The molecule has 0 saturated carbocycles. The third-order valence-corrected chi connectivity index (χ3v) is 3.66. The lowest BCUT2D eigenvalue weighted by atomic mass is 10.3. The molecule has 2 aromatic rings. The van der Waals surface area contributed by atoms with Gasteiger partial charge in [-0.05, 0) is 18.6 Å². The second-order valence-electron chi connectivity index (χ2n) is 3.71. The molecule has 0 radical (unpaired) electrons. The van der Waals surface area contributed by atoms with Crippen molar-refractivity contribution in [3.05, 3.63) is 30.1 Å². The van der Waals surface area contributed by atoms with Gasteiger partial charge in [0.05, 0.1) is 11.9 Å². The lowest BCUT2D eigenvalue weighted by molar-refractivity contribution is -0.471. The highest BCUT2D eigenvalue weighted by atomic mass is 79.9. The fourth-order valence-electron chi connectivity index (χ4n) is 1.65. The van der Waals surface area contributed by atoms with E-state index in [0.29, 0.717) is 0 Å². The van der Waals surface area contributed by atoms with E-state index in [1.807, 2.05) is 11.9 Å². The van der Waals surface area contributed by atoms with Gasteiger partial charge >= 0.3 is 0 Å². The van der Waals surface area contributed by atoms with Crippen molar-refractivity contribution in [2.45, 2.75) is 26.7 Å². The normalized spacial score (nSPS) is 10.4. The smallest absolute Gasteiger partial charge is 0.263 e. The van der Waals surface area contributed by atoms with Gasteiger partial charge in [-0.3, -0.25) is 0 Å². The maximum Gasteiger partial charge on any atom is 0.263 e. The summed E-state index contributed by atoms with van der Waals surface area (Å²) in [5, 5.41) is 0. The second kappa shape index (κ2) is 6.30. The van der Waals surface area contributed by atoms with Crippen LogP contribution in [0.4, 0.5) is 0 Å². The molecule has 0 unspecified atom stereocenters. The molecular formula is C12H17BrN2S. The Morgan fingerprint density at radius 2 is 2.06 bits per heavy atom. The highest BCUT2D eigenvalue weighted by molar-refractivity contribution is 7.92. The topological polar surface area (TPSA) is 19.7 Å². The lowest BCUT2D eigenvalue weighted by Gasteiger charge is -1.96. The first-order valence-corrected chi connectivity index (χ1v) is 6.40. The maximum absolute atomic E-state index is 3.40. The predicted octanol–water partition coefficient (Wildman–Crippen LogP) is 0.0642. The highest BCUT2D eigenvalue weighted by Crippen LogP contribution is 2.12. The zero-order valence-electron chi connectivity index (χ0n) is 9.66. The molecule has 0 aliphatic carbocycles. The summed E-state index contributed by atoms with van der Waals surface area (Å²) in [5.41, 5.74) is 2.51. The molecule has 0 amide bonds. The Hall–Kier alpha value is -0.480. The number of nitrogens with one attached hydrogen (secondary N) is 1. The molecule has 1 aromatic carbocycles. The van der Waals surface area contributed by atoms with Crippen molar-refractivity contribution in [3.63, 3.8) is 0 Å². The Kier molecular flexibility index (Phi) is 5.35. The first kappa shape index (κ1) is 13.6. The number of nitrogens with zero attached hydrogens (tertiary/aromatic N) is 1. The van der Waals surface area contributed by atoms with Crippen LogP contribution < -0.4 is 21.0 Å². The minimum Gasteiger partial charge on any atom is -1.00 e. The molecule has 0 fully saturated rings. The summed E-state index contributed by atoms with van der Waals surface area (Å²) >= 11 is 1.89. The fraction of sp³-hybridized carbons (Fsp3) is 0.417. The summed E-state index contributed by atoms with van der Waals surface area (Å²) in [6, 6.07) is 8.45.